The molecule has 1 aliphatic heterocycles. The van der Waals surface area contributed by atoms with Crippen molar-refractivity contribution >= 4 is 16.0 Å². The van der Waals surface area contributed by atoms with Crippen molar-refractivity contribution in [3.05, 3.63) is 35.4 Å². The standard InChI is InChI=1S/C18H26N2O4S/c1-24-18(21)15-8-4-5-9-17(15)25(22,23)20-12-16-14-7-3-2-6-13(14)10-11-19-16/h2-3,6-7,15-17,19-20H,4-5,8-12H2,1H3. The highest BCUT2D eigenvalue weighted by atomic mass is 32.2. The van der Waals surface area contributed by atoms with Gasteiger partial charge >= 0.3 is 5.97 Å². The third-order valence-electron chi connectivity index (χ3n) is 5.31. The molecule has 0 radical (unpaired) electrons. The third kappa shape index (κ3) is 4.04. The van der Waals surface area contributed by atoms with Gasteiger partial charge in [-0.1, -0.05) is 37.1 Å². The fourth-order valence-corrected chi connectivity index (χ4v) is 5.74. The van der Waals surface area contributed by atoms with E-state index in [0.29, 0.717) is 19.4 Å². The molecule has 2 aliphatic rings. The smallest absolute Gasteiger partial charge is 0.310 e. The molecule has 1 aliphatic carbocycles. The third-order valence-corrected chi connectivity index (χ3v) is 7.24. The molecule has 1 heterocycles. The molecular weight excluding hydrogens is 340 g/mol. The minimum atomic E-state index is -3.58. The summed E-state index contributed by atoms with van der Waals surface area (Å²) in [7, 11) is -2.26. The van der Waals surface area contributed by atoms with E-state index in [9.17, 15) is 13.2 Å². The van der Waals surface area contributed by atoms with Gasteiger partial charge in [-0.05, 0) is 36.9 Å². The molecule has 0 bridgehead atoms. The van der Waals surface area contributed by atoms with Crippen LogP contribution in [0.25, 0.3) is 0 Å². The number of esters is 1. The summed E-state index contributed by atoms with van der Waals surface area (Å²) in [5.74, 6) is -0.987. The molecule has 0 aromatic heterocycles. The number of fused-ring (bicyclic) bond motifs is 1. The Morgan fingerprint density at radius 2 is 2.04 bits per heavy atom. The number of hydrogen-bond acceptors (Lipinski definition) is 5. The number of ether oxygens (including phenoxy) is 1. The van der Waals surface area contributed by atoms with Crippen molar-refractivity contribution in [3.63, 3.8) is 0 Å². The Bertz CT molecular complexity index is 720. The summed E-state index contributed by atoms with van der Waals surface area (Å²) in [5, 5.41) is 2.68. The van der Waals surface area contributed by atoms with Gasteiger partial charge in [-0.15, -0.1) is 0 Å². The highest BCUT2D eigenvalue weighted by Crippen LogP contribution is 2.30. The Morgan fingerprint density at radius 1 is 1.28 bits per heavy atom. The minimum absolute atomic E-state index is 0.0418. The normalized spacial score (nSPS) is 26.7. The van der Waals surface area contributed by atoms with Crippen molar-refractivity contribution in [2.45, 2.75) is 43.4 Å². The van der Waals surface area contributed by atoms with E-state index >= 15 is 0 Å². The van der Waals surface area contributed by atoms with E-state index < -0.39 is 27.2 Å². The first-order valence-corrected chi connectivity index (χ1v) is 10.4. The summed E-state index contributed by atoms with van der Waals surface area (Å²) in [5.41, 5.74) is 2.40. The Balaban J connectivity index is 1.70. The van der Waals surface area contributed by atoms with Gasteiger partial charge in [0.2, 0.25) is 10.0 Å². The second-order valence-corrected chi connectivity index (χ2v) is 8.79. The van der Waals surface area contributed by atoms with Gasteiger partial charge in [0, 0.05) is 12.6 Å². The average molecular weight is 366 g/mol. The Kier molecular flexibility index (Phi) is 5.76. The molecule has 3 rings (SSSR count). The van der Waals surface area contributed by atoms with E-state index in [1.54, 1.807) is 0 Å². The van der Waals surface area contributed by atoms with Crippen LogP contribution in [-0.4, -0.2) is 39.8 Å². The van der Waals surface area contributed by atoms with E-state index in [1.807, 2.05) is 18.2 Å². The first kappa shape index (κ1) is 18.4. The molecule has 0 amide bonds. The van der Waals surface area contributed by atoms with E-state index in [2.05, 4.69) is 16.1 Å². The number of sulfonamides is 1. The maximum atomic E-state index is 12.8. The summed E-state index contributed by atoms with van der Waals surface area (Å²) >= 11 is 0. The number of carbonyl (C=O) groups is 1. The Hall–Kier alpha value is -1.44. The molecule has 3 atom stereocenters. The first-order valence-electron chi connectivity index (χ1n) is 8.90. The number of benzene rings is 1. The molecule has 138 valence electrons. The molecule has 7 heteroatoms. The average Bonchev–Trinajstić information content (AvgIpc) is 2.65. The zero-order valence-corrected chi connectivity index (χ0v) is 15.3. The summed E-state index contributed by atoms with van der Waals surface area (Å²) in [6, 6.07) is 8.07. The zero-order valence-electron chi connectivity index (χ0n) is 14.5. The van der Waals surface area contributed by atoms with Gasteiger partial charge in [0.05, 0.1) is 18.3 Å². The Morgan fingerprint density at radius 3 is 2.84 bits per heavy atom. The number of hydrogen-bond donors (Lipinski definition) is 2. The minimum Gasteiger partial charge on any atom is -0.469 e. The number of rotatable bonds is 5. The molecule has 2 N–H and O–H groups in total. The van der Waals surface area contributed by atoms with Crippen LogP contribution in [0.2, 0.25) is 0 Å². The molecular formula is C18H26N2O4S. The second-order valence-electron chi connectivity index (χ2n) is 6.80. The van der Waals surface area contributed by atoms with Gasteiger partial charge in [0.25, 0.3) is 0 Å². The number of carbonyl (C=O) groups excluding carboxylic acids is 1. The van der Waals surface area contributed by atoms with Crippen molar-refractivity contribution in [3.8, 4) is 0 Å². The van der Waals surface area contributed by atoms with Gasteiger partial charge in [-0.3, -0.25) is 4.79 Å². The van der Waals surface area contributed by atoms with Gasteiger partial charge in [0.1, 0.15) is 0 Å². The molecule has 25 heavy (non-hydrogen) atoms. The predicted octanol–water partition coefficient (Wildman–Crippen LogP) is 1.52. The fourth-order valence-electron chi connectivity index (χ4n) is 3.97. The van der Waals surface area contributed by atoms with Gasteiger partial charge in [-0.2, -0.15) is 0 Å². The largest absolute Gasteiger partial charge is 0.469 e. The molecule has 0 spiro atoms. The fraction of sp³-hybridized carbons (Fsp3) is 0.611. The van der Waals surface area contributed by atoms with Crippen LogP contribution >= 0.6 is 0 Å². The molecule has 3 unspecified atom stereocenters. The quantitative estimate of drug-likeness (QED) is 0.772. The highest BCUT2D eigenvalue weighted by molar-refractivity contribution is 7.90. The van der Waals surface area contributed by atoms with Crippen LogP contribution < -0.4 is 10.0 Å². The summed E-state index contributed by atoms with van der Waals surface area (Å²) < 4.78 is 33.2. The SMILES string of the molecule is COC(=O)C1CCCCC1S(=O)(=O)NCC1NCCc2ccccc21. The lowest BCUT2D eigenvalue weighted by molar-refractivity contribution is -0.146. The lowest BCUT2D eigenvalue weighted by Crippen LogP contribution is -2.46. The second kappa shape index (κ2) is 7.85. The monoisotopic (exact) mass is 366 g/mol. The lowest BCUT2D eigenvalue weighted by Gasteiger charge is -2.31. The topological polar surface area (TPSA) is 84.5 Å². The summed E-state index contributed by atoms with van der Waals surface area (Å²) in [4.78, 5) is 12.0. The molecule has 1 aromatic rings. The van der Waals surface area contributed by atoms with Crippen LogP contribution in [0.4, 0.5) is 0 Å². The van der Waals surface area contributed by atoms with Crippen LogP contribution in [0, 0.1) is 5.92 Å². The van der Waals surface area contributed by atoms with Gasteiger partial charge in [-0.25, -0.2) is 13.1 Å². The summed E-state index contributed by atoms with van der Waals surface area (Å²) in [6.07, 6.45) is 3.71. The molecule has 6 nitrogen and oxygen atoms in total. The van der Waals surface area contributed by atoms with E-state index in [-0.39, 0.29) is 6.04 Å². The highest BCUT2D eigenvalue weighted by Gasteiger charge is 2.40. The van der Waals surface area contributed by atoms with Crippen molar-refractivity contribution in [1.82, 2.24) is 10.0 Å². The van der Waals surface area contributed by atoms with Crippen LogP contribution in [0.1, 0.15) is 42.9 Å². The van der Waals surface area contributed by atoms with Crippen LogP contribution in [-0.2, 0) is 26.0 Å². The molecule has 0 saturated heterocycles. The van der Waals surface area contributed by atoms with E-state index in [0.717, 1.165) is 31.4 Å². The Labute approximate surface area is 149 Å². The van der Waals surface area contributed by atoms with Crippen molar-refractivity contribution < 1.29 is 17.9 Å². The first-order chi connectivity index (χ1) is 12.0. The molecule has 1 saturated carbocycles. The van der Waals surface area contributed by atoms with Crippen molar-refractivity contribution in [2.24, 2.45) is 5.92 Å². The van der Waals surface area contributed by atoms with Crippen LogP contribution in [0.3, 0.4) is 0 Å². The maximum absolute atomic E-state index is 12.8. The summed E-state index contributed by atoms with van der Waals surface area (Å²) in [6.45, 7) is 1.13. The van der Waals surface area contributed by atoms with Crippen LogP contribution in [0.15, 0.2) is 24.3 Å². The van der Waals surface area contributed by atoms with Crippen molar-refractivity contribution in [2.75, 3.05) is 20.2 Å². The molecule has 1 aromatic carbocycles. The lowest BCUT2D eigenvalue weighted by atomic mass is 9.89. The predicted molar refractivity (Wildman–Crippen MR) is 95.6 cm³/mol. The molecule has 1 fully saturated rings. The van der Waals surface area contributed by atoms with Crippen molar-refractivity contribution in [1.29, 1.82) is 0 Å². The van der Waals surface area contributed by atoms with Crippen LogP contribution in [0.5, 0.6) is 0 Å². The van der Waals surface area contributed by atoms with E-state index in [1.165, 1.54) is 12.7 Å². The number of methoxy groups -OCH3 is 1. The maximum Gasteiger partial charge on any atom is 0.310 e. The van der Waals surface area contributed by atoms with E-state index in [4.69, 9.17) is 4.74 Å². The van der Waals surface area contributed by atoms with Gasteiger partial charge in [0.15, 0.2) is 0 Å². The number of nitrogens with one attached hydrogen (secondary N) is 2. The van der Waals surface area contributed by atoms with Gasteiger partial charge < -0.3 is 10.1 Å². The zero-order chi connectivity index (χ0) is 17.9.